The van der Waals surface area contributed by atoms with Crippen LogP contribution in [0.15, 0.2) is 6.07 Å². The second-order valence-corrected chi connectivity index (χ2v) is 5.82. The summed E-state index contributed by atoms with van der Waals surface area (Å²) in [5.74, 6) is 2.12. The first-order valence-electron chi connectivity index (χ1n) is 7.18. The third-order valence-corrected chi connectivity index (χ3v) is 4.51. The number of hydrogen-bond donors (Lipinski definition) is 0. The van der Waals surface area contributed by atoms with Gasteiger partial charge in [0.1, 0.15) is 11.5 Å². The predicted octanol–water partition coefficient (Wildman–Crippen LogP) is 3.92. The van der Waals surface area contributed by atoms with Crippen molar-refractivity contribution >= 4 is 5.78 Å². The molecule has 1 aliphatic rings. The average Bonchev–Trinajstić information content (AvgIpc) is 2.39. The van der Waals surface area contributed by atoms with E-state index in [0.29, 0.717) is 11.7 Å². The Hall–Kier alpha value is -1.31. The van der Waals surface area contributed by atoms with Crippen molar-refractivity contribution in [2.45, 2.75) is 52.9 Å². The standard InChI is InChI=1S/C17H24O2/c1-11-9-15(12(2)13(3)17(11)19-4)10-14-5-7-16(18)8-6-14/h9,14H,5-8,10H2,1-4H3. The van der Waals surface area contributed by atoms with E-state index in [1.165, 1.54) is 22.3 Å². The van der Waals surface area contributed by atoms with Gasteiger partial charge < -0.3 is 4.74 Å². The van der Waals surface area contributed by atoms with Gasteiger partial charge in [0.15, 0.2) is 0 Å². The van der Waals surface area contributed by atoms with Crippen LogP contribution in [-0.4, -0.2) is 12.9 Å². The lowest BCUT2D eigenvalue weighted by Gasteiger charge is -2.23. The lowest BCUT2D eigenvalue weighted by molar-refractivity contribution is -0.121. The first kappa shape index (κ1) is 14.1. The van der Waals surface area contributed by atoms with Crippen LogP contribution >= 0.6 is 0 Å². The molecule has 0 unspecified atom stereocenters. The van der Waals surface area contributed by atoms with Crippen molar-refractivity contribution in [3.05, 3.63) is 28.3 Å². The number of carbonyl (C=O) groups excluding carboxylic acids is 1. The van der Waals surface area contributed by atoms with Gasteiger partial charge in [-0.25, -0.2) is 0 Å². The van der Waals surface area contributed by atoms with E-state index in [-0.39, 0.29) is 0 Å². The average molecular weight is 260 g/mol. The number of ether oxygens (including phenoxy) is 1. The number of hydrogen-bond acceptors (Lipinski definition) is 2. The normalized spacial score (nSPS) is 16.7. The van der Waals surface area contributed by atoms with Gasteiger partial charge in [0.05, 0.1) is 7.11 Å². The molecule has 1 aromatic rings. The summed E-state index contributed by atoms with van der Waals surface area (Å²) < 4.78 is 5.47. The SMILES string of the molecule is COc1c(C)cc(CC2CCC(=O)CC2)c(C)c1C. The fourth-order valence-electron chi connectivity index (χ4n) is 3.18. The predicted molar refractivity (Wildman–Crippen MR) is 77.9 cm³/mol. The number of aryl methyl sites for hydroxylation is 1. The largest absolute Gasteiger partial charge is 0.496 e. The molecular weight excluding hydrogens is 236 g/mol. The van der Waals surface area contributed by atoms with Crippen LogP contribution < -0.4 is 4.74 Å². The molecule has 19 heavy (non-hydrogen) atoms. The molecule has 0 atom stereocenters. The molecule has 2 heteroatoms. The highest BCUT2D eigenvalue weighted by molar-refractivity contribution is 5.79. The molecular formula is C17H24O2. The summed E-state index contributed by atoms with van der Waals surface area (Å²) in [6.07, 6.45) is 4.77. The Bertz CT molecular complexity index is 479. The molecule has 104 valence electrons. The van der Waals surface area contributed by atoms with Crippen molar-refractivity contribution in [3.8, 4) is 5.75 Å². The van der Waals surface area contributed by atoms with E-state index >= 15 is 0 Å². The minimum Gasteiger partial charge on any atom is -0.496 e. The van der Waals surface area contributed by atoms with Crippen molar-refractivity contribution in [2.24, 2.45) is 5.92 Å². The summed E-state index contributed by atoms with van der Waals surface area (Å²) in [6.45, 7) is 6.43. The zero-order chi connectivity index (χ0) is 14.0. The molecule has 2 nitrogen and oxygen atoms in total. The molecule has 0 amide bonds. The molecule has 0 N–H and O–H groups in total. The smallest absolute Gasteiger partial charge is 0.132 e. The summed E-state index contributed by atoms with van der Waals surface area (Å²) in [5, 5.41) is 0. The first-order chi connectivity index (χ1) is 9.02. The van der Waals surface area contributed by atoms with Crippen LogP contribution in [0.4, 0.5) is 0 Å². The van der Waals surface area contributed by atoms with Crippen LogP contribution in [0.2, 0.25) is 0 Å². The molecule has 0 heterocycles. The monoisotopic (exact) mass is 260 g/mol. The van der Waals surface area contributed by atoms with Gasteiger partial charge in [-0.3, -0.25) is 4.79 Å². The van der Waals surface area contributed by atoms with Gasteiger partial charge in [-0.1, -0.05) is 6.07 Å². The number of benzene rings is 1. The van der Waals surface area contributed by atoms with Crippen LogP contribution in [0.3, 0.4) is 0 Å². The van der Waals surface area contributed by atoms with Crippen molar-refractivity contribution in [2.75, 3.05) is 7.11 Å². The number of carbonyl (C=O) groups is 1. The lowest BCUT2D eigenvalue weighted by Crippen LogP contribution is -2.16. The Morgan fingerprint density at radius 1 is 1.16 bits per heavy atom. The fraction of sp³-hybridized carbons (Fsp3) is 0.588. The third kappa shape index (κ3) is 2.99. The van der Waals surface area contributed by atoms with E-state index in [9.17, 15) is 4.79 Å². The third-order valence-electron chi connectivity index (χ3n) is 4.51. The topological polar surface area (TPSA) is 26.3 Å². The minimum absolute atomic E-state index is 0.440. The molecule has 0 aliphatic heterocycles. The van der Waals surface area contributed by atoms with Gasteiger partial charge in [0.2, 0.25) is 0 Å². The van der Waals surface area contributed by atoms with E-state index in [1.54, 1.807) is 7.11 Å². The highest BCUT2D eigenvalue weighted by Crippen LogP contribution is 2.32. The van der Waals surface area contributed by atoms with Gasteiger partial charge in [0, 0.05) is 12.8 Å². The summed E-state index contributed by atoms with van der Waals surface area (Å²) >= 11 is 0. The molecule has 0 saturated heterocycles. The Kier molecular flexibility index (Phi) is 4.28. The molecule has 1 aliphatic carbocycles. The molecule has 0 aromatic heterocycles. The Morgan fingerprint density at radius 2 is 1.79 bits per heavy atom. The summed E-state index contributed by atoms with van der Waals surface area (Å²) in [7, 11) is 1.74. The van der Waals surface area contributed by atoms with Crippen LogP contribution in [0, 0.1) is 26.7 Å². The molecule has 1 fully saturated rings. The maximum Gasteiger partial charge on any atom is 0.132 e. The van der Waals surface area contributed by atoms with Gasteiger partial charge in [0.25, 0.3) is 0 Å². The molecule has 2 rings (SSSR count). The Balaban J connectivity index is 2.19. The number of Topliss-reactive ketones (excluding diaryl/α,β-unsaturated/α-hetero) is 1. The van der Waals surface area contributed by atoms with Crippen LogP contribution in [0.1, 0.15) is 47.9 Å². The number of rotatable bonds is 3. The maximum absolute atomic E-state index is 11.3. The highest BCUT2D eigenvalue weighted by atomic mass is 16.5. The quantitative estimate of drug-likeness (QED) is 0.823. The first-order valence-corrected chi connectivity index (χ1v) is 7.18. The van der Waals surface area contributed by atoms with E-state index in [0.717, 1.165) is 37.9 Å². The van der Waals surface area contributed by atoms with Gasteiger partial charge in [-0.15, -0.1) is 0 Å². The van der Waals surface area contributed by atoms with E-state index in [4.69, 9.17) is 4.74 Å². The van der Waals surface area contributed by atoms with E-state index in [2.05, 4.69) is 26.8 Å². The zero-order valence-electron chi connectivity index (χ0n) is 12.5. The van der Waals surface area contributed by atoms with Crippen LogP contribution in [0.5, 0.6) is 5.75 Å². The molecule has 1 aromatic carbocycles. The summed E-state index contributed by atoms with van der Waals surface area (Å²) in [4.78, 5) is 11.3. The van der Waals surface area contributed by atoms with Gasteiger partial charge in [-0.05, 0) is 68.2 Å². The molecule has 0 bridgehead atoms. The van der Waals surface area contributed by atoms with E-state index < -0.39 is 0 Å². The second kappa shape index (κ2) is 5.77. The van der Waals surface area contributed by atoms with Crippen molar-refractivity contribution in [1.82, 2.24) is 0 Å². The number of methoxy groups -OCH3 is 1. The minimum atomic E-state index is 0.440. The van der Waals surface area contributed by atoms with Crippen molar-refractivity contribution in [3.63, 3.8) is 0 Å². The molecule has 1 saturated carbocycles. The molecule has 0 radical (unpaired) electrons. The van der Waals surface area contributed by atoms with Gasteiger partial charge in [-0.2, -0.15) is 0 Å². The van der Waals surface area contributed by atoms with E-state index in [1.807, 2.05) is 0 Å². The van der Waals surface area contributed by atoms with Crippen molar-refractivity contribution < 1.29 is 9.53 Å². The highest BCUT2D eigenvalue weighted by Gasteiger charge is 2.20. The second-order valence-electron chi connectivity index (χ2n) is 5.82. The zero-order valence-corrected chi connectivity index (χ0v) is 12.5. The van der Waals surface area contributed by atoms with Crippen molar-refractivity contribution in [1.29, 1.82) is 0 Å². The lowest BCUT2D eigenvalue weighted by atomic mass is 9.82. The summed E-state index contributed by atoms with van der Waals surface area (Å²) in [6, 6.07) is 2.26. The molecule has 0 spiro atoms. The fourth-order valence-corrected chi connectivity index (χ4v) is 3.18. The number of ketones is 1. The van der Waals surface area contributed by atoms with Crippen LogP contribution in [0.25, 0.3) is 0 Å². The Morgan fingerprint density at radius 3 is 2.37 bits per heavy atom. The Labute approximate surface area is 116 Å². The maximum atomic E-state index is 11.3. The van der Waals surface area contributed by atoms with Gasteiger partial charge >= 0.3 is 0 Å². The summed E-state index contributed by atoms with van der Waals surface area (Å²) in [5.41, 5.74) is 5.24. The van der Waals surface area contributed by atoms with Crippen LogP contribution in [-0.2, 0) is 11.2 Å².